The Labute approximate surface area is 70.1 Å². The lowest BCUT2D eigenvalue weighted by Gasteiger charge is -1.91. The second-order valence-corrected chi connectivity index (χ2v) is 2.04. The number of rotatable bonds is 1. The molecule has 0 unspecified atom stereocenters. The summed E-state index contributed by atoms with van der Waals surface area (Å²) in [5.74, 6) is 2.65. The molecule has 0 saturated carbocycles. The largest absolute Gasteiger partial charge is 0.298 e. The molecule has 0 saturated heterocycles. The third kappa shape index (κ3) is 1.82. The predicted molar refractivity (Wildman–Crippen MR) is 45.5 cm³/mol. The number of thiol groups is 1. The molecule has 0 fully saturated rings. The lowest BCUT2D eigenvalue weighted by Crippen LogP contribution is -1.87. The number of pyridine rings is 1. The number of nitrogens with zero attached hydrogens (tertiary/aromatic N) is 1. The van der Waals surface area contributed by atoms with Crippen LogP contribution in [0.15, 0.2) is 18.5 Å². The zero-order valence-electron chi connectivity index (χ0n) is 5.61. The van der Waals surface area contributed by atoms with Crippen LogP contribution in [-0.4, -0.2) is 11.3 Å². The summed E-state index contributed by atoms with van der Waals surface area (Å²) in [4.78, 5) is 14.2. The highest BCUT2D eigenvalue weighted by Crippen LogP contribution is 2.01. The lowest BCUT2D eigenvalue weighted by molar-refractivity contribution is 0.112. The average molecular weight is 163 g/mol. The van der Waals surface area contributed by atoms with Gasteiger partial charge < -0.3 is 0 Å². The van der Waals surface area contributed by atoms with E-state index in [4.69, 9.17) is 0 Å². The van der Waals surface area contributed by atoms with Crippen molar-refractivity contribution in [1.82, 2.24) is 4.98 Å². The highest BCUT2D eigenvalue weighted by molar-refractivity contribution is 7.85. The Morgan fingerprint density at radius 3 is 3.09 bits per heavy atom. The van der Waals surface area contributed by atoms with Crippen molar-refractivity contribution in [3.63, 3.8) is 0 Å². The normalized spacial score (nSPS) is 8.09. The first-order valence-electron chi connectivity index (χ1n) is 2.93. The second kappa shape index (κ2) is 3.79. The fourth-order valence-corrected chi connectivity index (χ4v) is 0.793. The number of hydrogen-bond acceptors (Lipinski definition) is 3. The summed E-state index contributed by atoms with van der Waals surface area (Å²) in [6.45, 7) is 0. The Bertz CT molecular complexity index is 324. The Morgan fingerprint density at radius 2 is 2.45 bits per heavy atom. The molecule has 0 bridgehead atoms. The minimum Gasteiger partial charge on any atom is -0.298 e. The summed E-state index contributed by atoms with van der Waals surface area (Å²) in [7, 11) is 0. The third-order valence-corrected chi connectivity index (χ3v) is 1.28. The molecule has 1 rings (SSSR count). The fraction of sp³-hybridized carbons (Fsp3) is 0. The average Bonchev–Trinajstić information content (AvgIpc) is 2.06. The smallest absolute Gasteiger partial charge is 0.151 e. The summed E-state index contributed by atoms with van der Waals surface area (Å²) >= 11 is 3.71. The summed E-state index contributed by atoms with van der Waals surface area (Å²) in [6, 6.07) is 1.61. The van der Waals surface area contributed by atoms with Crippen LogP contribution in [0.3, 0.4) is 0 Å². The van der Waals surface area contributed by atoms with Crippen molar-refractivity contribution in [3.05, 3.63) is 29.6 Å². The maximum absolute atomic E-state index is 10.4. The van der Waals surface area contributed by atoms with Crippen LogP contribution in [0.2, 0.25) is 0 Å². The molecule has 0 aliphatic heterocycles. The van der Waals surface area contributed by atoms with Crippen molar-refractivity contribution in [2.75, 3.05) is 0 Å². The molecule has 11 heavy (non-hydrogen) atoms. The van der Waals surface area contributed by atoms with Crippen LogP contribution in [0.25, 0.3) is 0 Å². The van der Waals surface area contributed by atoms with Crippen LogP contribution in [0.1, 0.15) is 15.9 Å². The highest BCUT2D eigenvalue weighted by Gasteiger charge is 1.95. The third-order valence-electron chi connectivity index (χ3n) is 1.17. The SMILES string of the molecule is O=Cc1ccncc1C#CS. The lowest BCUT2D eigenvalue weighted by atomic mass is 10.2. The molecule has 54 valence electrons. The quantitative estimate of drug-likeness (QED) is 0.382. The van der Waals surface area contributed by atoms with Gasteiger partial charge >= 0.3 is 0 Å². The van der Waals surface area contributed by atoms with Gasteiger partial charge in [-0.25, -0.2) is 0 Å². The van der Waals surface area contributed by atoms with Crippen LogP contribution in [0, 0.1) is 11.2 Å². The van der Waals surface area contributed by atoms with Crippen molar-refractivity contribution in [2.45, 2.75) is 0 Å². The van der Waals surface area contributed by atoms with Crippen molar-refractivity contribution in [1.29, 1.82) is 0 Å². The maximum Gasteiger partial charge on any atom is 0.151 e. The summed E-state index contributed by atoms with van der Waals surface area (Å²) < 4.78 is 0. The summed E-state index contributed by atoms with van der Waals surface area (Å²) in [6.07, 6.45) is 3.83. The molecule has 0 N–H and O–H groups in total. The first-order valence-corrected chi connectivity index (χ1v) is 3.37. The van der Waals surface area contributed by atoms with E-state index in [-0.39, 0.29) is 0 Å². The van der Waals surface area contributed by atoms with Crippen molar-refractivity contribution in [3.8, 4) is 11.2 Å². The molecule has 2 nitrogen and oxygen atoms in total. The molecule has 3 heteroatoms. The molecular weight excluding hydrogens is 158 g/mol. The van der Waals surface area contributed by atoms with Gasteiger partial charge in [-0.3, -0.25) is 9.78 Å². The van der Waals surface area contributed by atoms with E-state index in [0.717, 1.165) is 6.29 Å². The van der Waals surface area contributed by atoms with Gasteiger partial charge in [0.2, 0.25) is 0 Å². The van der Waals surface area contributed by atoms with Gasteiger partial charge in [-0.05, 0) is 11.3 Å². The van der Waals surface area contributed by atoms with E-state index >= 15 is 0 Å². The Morgan fingerprint density at radius 1 is 1.64 bits per heavy atom. The summed E-state index contributed by atoms with van der Waals surface area (Å²) in [5.41, 5.74) is 1.15. The molecule has 1 heterocycles. The van der Waals surface area contributed by atoms with E-state index in [9.17, 15) is 4.79 Å². The van der Waals surface area contributed by atoms with Gasteiger partial charge in [0.05, 0.1) is 5.56 Å². The topological polar surface area (TPSA) is 30.0 Å². The van der Waals surface area contributed by atoms with Crippen LogP contribution >= 0.6 is 12.6 Å². The van der Waals surface area contributed by atoms with Gasteiger partial charge in [-0.2, -0.15) is 0 Å². The summed E-state index contributed by atoms with van der Waals surface area (Å²) in [5, 5.41) is 2.40. The standard InChI is InChI=1S/C8H5NOS/c10-6-8-1-3-9-5-7(8)2-4-11/h1,3,5-6,11H. The van der Waals surface area contributed by atoms with Crippen LogP contribution in [0.5, 0.6) is 0 Å². The Kier molecular flexibility index (Phi) is 2.70. The zero-order valence-corrected chi connectivity index (χ0v) is 6.51. The molecule has 0 aliphatic rings. The van der Waals surface area contributed by atoms with E-state index in [2.05, 4.69) is 28.8 Å². The Balaban J connectivity index is 3.19. The van der Waals surface area contributed by atoms with Crippen LogP contribution in [-0.2, 0) is 0 Å². The number of hydrogen-bond donors (Lipinski definition) is 1. The number of aromatic nitrogens is 1. The molecular formula is C8H5NOS. The second-order valence-electron chi connectivity index (χ2n) is 1.82. The molecule has 0 aliphatic carbocycles. The molecule has 1 aromatic rings. The number of aldehydes is 1. The monoisotopic (exact) mass is 163 g/mol. The van der Waals surface area contributed by atoms with Gasteiger partial charge in [0, 0.05) is 18.0 Å². The maximum atomic E-state index is 10.4. The van der Waals surface area contributed by atoms with E-state index in [1.165, 1.54) is 6.20 Å². The molecule has 1 aromatic heterocycles. The van der Waals surface area contributed by atoms with Gasteiger partial charge in [-0.1, -0.05) is 18.5 Å². The minimum absolute atomic E-state index is 0.543. The molecule has 0 aromatic carbocycles. The van der Waals surface area contributed by atoms with E-state index in [1.807, 2.05) is 0 Å². The van der Waals surface area contributed by atoms with Gasteiger partial charge in [0.25, 0.3) is 0 Å². The van der Waals surface area contributed by atoms with Crippen molar-refractivity contribution in [2.24, 2.45) is 0 Å². The zero-order chi connectivity index (χ0) is 8.10. The molecule has 0 radical (unpaired) electrons. The molecule has 0 atom stereocenters. The van der Waals surface area contributed by atoms with E-state index in [1.54, 1.807) is 12.3 Å². The molecule has 0 amide bonds. The Hall–Kier alpha value is -1.27. The van der Waals surface area contributed by atoms with E-state index < -0.39 is 0 Å². The van der Waals surface area contributed by atoms with Crippen molar-refractivity contribution >= 4 is 18.9 Å². The first kappa shape index (κ1) is 7.83. The fourth-order valence-electron chi connectivity index (χ4n) is 0.673. The number of carbonyl (C=O) groups excluding carboxylic acids is 1. The van der Waals surface area contributed by atoms with Crippen LogP contribution in [0.4, 0.5) is 0 Å². The molecule has 0 spiro atoms. The predicted octanol–water partition coefficient (Wildman–Crippen LogP) is 1.13. The van der Waals surface area contributed by atoms with Gasteiger partial charge in [0.15, 0.2) is 6.29 Å². The highest BCUT2D eigenvalue weighted by atomic mass is 32.1. The van der Waals surface area contributed by atoms with Crippen molar-refractivity contribution < 1.29 is 4.79 Å². The van der Waals surface area contributed by atoms with Gasteiger partial charge in [0.1, 0.15) is 0 Å². The first-order chi connectivity index (χ1) is 5.38. The minimum atomic E-state index is 0.543. The van der Waals surface area contributed by atoms with Gasteiger partial charge in [-0.15, -0.1) is 0 Å². The van der Waals surface area contributed by atoms with E-state index in [0.29, 0.717) is 11.1 Å². The number of carbonyl (C=O) groups is 1. The van der Waals surface area contributed by atoms with Crippen LogP contribution < -0.4 is 0 Å².